The molecule has 0 fully saturated rings. The molecule has 0 N–H and O–H groups in total. The molecule has 1 amide bonds. The largest absolute Gasteiger partial charge is 0.336 e. The fourth-order valence-electron chi connectivity index (χ4n) is 3.03. The van der Waals surface area contributed by atoms with E-state index in [2.05, 4.69) is 10.2 Å². The standard InChI is InChI=1S/C20H23Cl2N5O/c1-5-26-11-17(21)18(24-26)12-25(4)20(28)16-8-6-7-15(9-16)10-27-14(3)19(22)13(2)23-27/h6-9,11H,5,10,12H2,1-4H3. The number of nitrogens with zero attached hydrogens (tertiary/aromatic N) is 5. The summed E-state index contributed by atoms with van der Waals surface area (Å²) in [5.74, 6) is -0.0876. The van der Waals surface area contributed by atoms with E-state index in [1.54, 1.807) is 22.8 Å². The van der Waals surface area contributed by atoms with E-state index in [0.717, 1.165) is 23.5 Å². The molecule has 3 aromatic rings. The predicted molar refractivity (Wildman–Crippen MR) is 111 cm³/mol. The first-order valence-electron chi connectivity index (χ1n) is 9.05. The molecule has 0 radical (unpaired) electrons. The number of rotatable bonds is 6. The number of hydrogen-bond acceptors (Lipinski definition) is 3. The molecule has 0 spiro atoms. The van der Waals surface area contributed by atoms with Crippen LogP contribution >= 0.6 is 23.2 Å². The molecular formula is C20H23Cl2N5O. The summed E-state index contributed by atoms with van der Waals surface area (Å²) in [6, 6.07) is 7.54. The first-order valence-corrected chi connectivity index (χ1v) is 9.81. The zero-order chi connectivity index (χ0) is 20.4. The Bertz CT molecular complexity index is 1010. The summed E-state index contributed by atoms with van der Waals surface area (Å²) in [6.07, 6.45) is 1.77. The Labute approximate surface area is 174 Å². The average molecular weight is 420 g/mol. The number of amides is 1. The van der Waals surface area contributed by atoms with Crippen LogP contribution in [0, 0.1) is 13.8 Å². The van der Waals surface area contributed by atoms with Gasteiger partial charge in [0, 0.05) is 25.4 Å². The van der Waals surface area contributed by atoms with Crippen LogP contribution in [0.4, 0.5) is 0 Å². The molecule has 3 rings (SSSR count). The van der Waals surface area contributed by atoms with Crippen LogP contribution in [0.25, 0.3) is 0 Å². The number of benzene rings is 1. The fraction of sp³-hybridized carbons (Fsp3) is 0.350. The second kappa shape index (κ2) is 8.37. The smallest absolute Gasteiger partial charge is 0.253 e. The van der Waals surface area contributed by atoms with Gasteiger partial charge in [-0.15, -0.1) is 0 Å². The maximum absolute atomic E-state index is 12.9. The first kappa shape index (κ1) is 20.4. The lowest BCUT2D eigenvalue weighted by atomic mass is 10.1. The van der Waals surface area contributed by atoms with Crippen molar-refractivity contribution in [1.29, 1.82) is 0 Å². The van der Waals surface area contributed by atoms with Crippen molar-refractivity contribution >= 4 is 29.1 Å². The molecule has 1 aromatic carbocycles. The van der Waals surface area contributed by atoms with E-state index >= 15 is 0 Å². The van der Waals surface area contributed by atoms with E-state index in [1.807, 2.05) is 49.7 Å². The molecule has 0 unspecified atom stereocenters. The van der Waals surface area contributed by atoms with Crippen molar-refractivity contribution in [3.05, 3.63) is 68.7 Å². The third kappa shape index (κ3) is 4.23. The Morgan fingerprint density at radius 3 is 2.57 bits per heavy atom. The summed E-state index contributed by atoms with van der Waals surface area (Å²) < 4.78 is 3.61. The molecule has 148 valence electrons. The topological polar surface area (TPSA) is 56.0 Å². The number of halogens is 2. The zero-order valence-electron chi connectivity index (χ0n) is 16.4. The summed E-state index contributed by atoms with van der Waals surface area (Å²) in [7, 11) is 1.75. The van der Waals surface area contributed by atoms with E-state index in [0.29, 0.717) is 34.4 Å². The SMILES string of the molecule is CCn1cc(Cl)c(CN(C)C(=O)c2cccc(Cn3nc(C)c(Cl)c3C)c2)n1. The van der Waals surface area contributed by atoms with Gasteiger partial charge in [0.25, 0.3) is 5.91 Å². The lowest BCUT2D eigenvalue weighted by Crippen LogP contribution is -2.26. The predicted octanol–water partition coefficient (Wildman–Crippen LogP) is 4.34. The second-order valence-corrected chi connectivity index (χ2v) is 7.57. The van der Waals surface area contributed by atoms with Gasteiger partial charge in [-0.1, -0.05) is 35.3 Å². The van der Waals surface area contributed by atoms with Crippen LogP contribution in [-0.2, 0) is 19.6 Å². The van der Waals surface area contributed by atoms with Crippen LogP contribution in [0.1, 0.15) is 39.9 Å². The summed E-state index contributed by atoms with van der Waals surface area (Å²) in [5, 5.41) is 10.1. The van der Waals surface area contributed by atoms with Crippen molar-refractivity contribution in [3.63, 3.8) is 0 Å². The molecule has 0 bridgehead atoms. The quantitative estimate of drug-likeness (QED) is 0.596. The number of aromatic nitrogens is 4. The third-order valence-corrected chi connectivity index (χ3v) is 5.51. The summed E-state index contributed by atoms with van der Waals surface area (Å²) in [5.41, 5.74) is 3.99. The number of hydrogen-bond donors (Lipinski definition) is 0. The van der Waals surface area contributed by atoms with Crippen LogP contribution in [0.15, 0.2) is 30.5 Å². The van der Waals surface area contributed by atoms with Gasteiger partial charge in [-0.05, 0) is 38.5 Å². The van der Waals surface area contributed by atoms with Crippen LogP contribution in [0.3, 0.4) is 0 Å². The van der Waals surface area contributed by atoms with E-state index < -0.39 is 0 Å². The minimum Gasteiger partial charge on any atom is -0.336 e. The lowest BCUT2D eigenvalue weighted by molar-refractivity contribution is 0.0783. The Balaban J connectivity index is 1.75. The van der Waals surface area contributed by atoms with Crippen molar-refractivity contribution in [2.75, 3.05) is 7.05 Å². The van der Waals surface area contributed by atoms with Crippen molar-refractivity contribution in [3.8, 4) is 0 Å². The summed E-state index contributed by atoms with van der Waals surface area (Å²) in [6.45, 7) is 7.44. The van der Waals surface area contributed by atoms with E-state index in [1.165, 1.54) is 0 Å². The summed E-state index contributed by atoms with van der Waals surface area (Å²) >= 11 is 12.4. The molecular weight excluding hydrogens is 397 g/mol. The number of carbonyl (C=O) groups excluding carboxylic acids is 1. The molecule has 2 aromatic heterocycles. The van der Waals surface area contributed by atoms with Gasteiger partial charge in [0.05, 0.1) is 34.5 Å². The van der Waals surface area contributed by atoms with E-state index in [9.17, 15) is 4.79 Å². The Morgan fingerprint density at radius 1 is 1.21 bits per heavy atom. The molecule has 0 aliphatic rings. The van der Waals surface area contributed by atoms with Gasteiger partial charge < -0.3 is 4.90 Å². The van der Waals surface area contributed by atoms with Crippen LogP contribution in [0.5, 0.6) is 0 Å². The van der Waals surface area contributed by atoms with Gasteiger partial charge in [-0.25, -0.2) is 0 Å². The molecule has 2 heterocycles. The van der Waals surface area contributed by atoms with Crippen LogP contribution < -0.4 is 0 Å². The highest BCUT2D eigenvalue weighted by atomic mass is 35.5. The molecule has 6 nitrogen and oxygen atoms in total. The van der Waals surface area contributed by atoms with Gasteiger partial charge in [-0.2, -0.15) is 10.2 Å². The maximum Gasteiger partial charge on any atom is 0.253 e. The second-order valence-electron chi connectivity index (χ2n) is 6.78. The molecule has 0 saturated heterocycles. The Hall–Kier alpha value is -2.31. The summed E-state index contributed by atoms with van der Waals surface area (Å²) in [4.78, 5) is 14.5. The van der Waals surface area contributed by atoms with Crippen LogP contribution in [-0.4, -0.2) is 37.4 Å². The van der Waals surface area contributed by atoms with Crippen molar-refractivity contribution in [2.45, 2.75) is 40.4 Å². The van der Waals surface area contributed by atoms with E-state index in [4.69, 9.17) is 23.2 Å². The zero-order valence-corrected chi connectivity index (χ0v) is 17.9. The minimum atomic E-state index is -0.0876. The van der Waals surface area contributed by atoms with Crippen molar-refractivity contribution in [2.24, 2.45) is 0 Å². The van der Waals surface area contributed by atoms with E-state index in [-0.39, 0.29) is 5.91 Å². The van der Waals surface area contributed by atoms with Crippen LogP contribution in [0.2, 0.25) is 10.0 Å². The van der Waals surface area contributed by atoms with Gasteiger partial charge in [0.1, 0.15) is 5.69 Å². The van der Waals surface area contributed by atoms with Gasteiger partial charge in [0.2, 0.25) is 0 Å². The van der Waals surface area contributed by atoms with Crippen molar-refractivity contribution < 1.29 is 4.79 Å². The van der Waals surface area contributed by atoms with Gasteiger partial charge >= 0.3 is 0 Å². The fourth-order valence-corrected chi connectivity index (χ4v) is 3.37. The number of carbonyl (C=O) groups is 1. The van der Waals surface area contributed by atoms with Crippen molar-refractivity contribution in [1.82, 2.24) is 24.5 Å². The Morgan fingerprint density at radius 2 is 1.96 bits per heavy atom. The van der Waals surface area contributed by atoms with Gasteiger partial charge in [-0.3, -0.25) is 14.2 Å². The normalized spacial score (nSPS) is 11.1. The lowest BCUT2D eigenvalue weighted by Gasteiger charge is -2.17. The highest BCUT2D eigenvalue weighted by Gasteiger charge is 2.17. The molecule has 0 aliphatic heterocycles. The monoisotopic (exact) mass is 419 g/mol. The van der Waals surface area contributed by atoms with Gasteiger partial charge in [0.15, 0.2) is 0 Å². The molecule has 8 heteroatoms. The molecule has 0 atom stereocenters. The highest BCUT2D eigenvalue weighted by Crippen LogP contribution is 2.21. The highest BCUT2D eigenvalue weighted by molar-refractivity contribution is 6.31. The molecule has 0 saturated carbocycles. The number of aryl methyl sites for hydroxylation is 2. The Kier molecular flexibility index (Phi) is 6.10. The maximum atomic E-state index is 12.9. The molecule has 28 heavy (non-hydrogen) atoms. The average Bonchev–Trinajstić information content (AvgIpc) is 3.15. The minimum absolute atomic E-state index is 0.0876. The third-order valence-electron chi connectivity index (χ3n) is 4.64. The molecule has 0 aliphatic carbocycles. The first-order chi connectivity index (χ1) is 13.3.